The molecule has 5 heteroatoms. The van der Waals surface area contributed by atoms with Crippen molar-refractivity contribution in [3.8, 4) is 0 Å². The van der Waals surface area contributed by atoms with E-state index in [0.29, 0.717) is 17.5 Å². The van der Waals surface area contributed by atoms with Crippen LogP contribution in [0.5, 0.6) is 0 Å². The van der Waals surface area contributed by atoms with Crippen LogP contribution in [0.25, 0.3) is 0 Å². The largest absolute Gasteiger partial charge is 0.377 e. The minimum absolute atomic E-state index is 0.216. The van der Waals surface area contributed by atoms with Crippen molar-refractivity contribution in [2.75, 3.05) is 39.3 Å². The highest BCUT2D eigenvalue weighted by atomic mass is 35.5. The fourth-order valence-corrected chi connectivity index (χ4v) is 3.66. The van der Waals surface area contributed by atoms with E-state index in [1.807, 2.05) is 29.2 Å². The lowest BCUT2D eigenvalue weighted by Crippen LogP contribution is -2.39. The highest BCUT2D eigenvalue weighted by molar-refractivity contribution is 6.30. The number of halogens is 1. The summed E-state index contributed by atoms with van der Waals surface area (Å²) in [6.45, 7) is 5.60. The summed E-state index contributed by atoms with van der Waals surface area (Å²) >= 11 is 5.90. The summed E-state index contributed by atoms with van der Waals surface area (Å²) < 4.78 is 5.85. The fraction of sp³-hybridized carbons (Fsp3) is 0.632. The molecular formula is C19H27ClN2O2. The van der Waals surface area contributed by atoms with Gasteiger partial charge in [-0.05, 0) is 49.9 Å². The van der Waals surface area contributed by atoms with Gasteiger partial charge in [-0.1, -0.05) is 23.7 Å². The fourth-order valence-electron chi connectivity index (χ4n) is 3.53. The van der Waals surface area contributed by atoms with E-state index in [0.717, 1.165) is 51.3 Å². The number of amides is 1. The molecule has 1 amide bonds. The van der Waals surface area contributed by atoms with Gasteiger partial charge in [0.15, 0.2) is 0 Å². The Labute approximate surface area is 149 Å². The number of hydrogen-bond acceptors (Lipinski definition) is 3. The van der Waals surface area contributed by atoms with Crippen molar-refractivity contribution in [1.29, 1.82) is 0 Å². The maximum Gasteiger partial charge on any atom is 0.227 e. The lowest BCUT2D eigenvalue weighted by atomic mass is 10.1. The highest BCUT2D eigenvalue weighted by Gasteiger charge is 2.22. The average Bonchev–Trinajstić information content (AvgIpc) is 2.83. The lowest BCUT2D eigenvalue weighted by molar-refractivity contribution is -0.130. The van der Waals surface area contributed by atoms with Crippen molar-refractivity contribution >= 4 is 17.5 Å². The molecule has 0 saturated carbocycles. The van der Waals surface area contributed by atoms with Crippen molar-refractivity contribution in [1.82, 2.24) is 9.80 Å². The van der Waals surface area contributed by atoms with Crippen LogP contribution in [0.15, 0.2) is 24.3 Å². The second kappa shape index (κ2) is 8.84. The zero-order chi connectivity index (χ0) is 16.8. The second-order valence-corrected chi connectivity index (χ2v) is 7.26. The Balaban J connectivity index is 1.47. The van der Waals surface area contributed by atoms with E-state index in [-0.39, 0.29) is 5.91 Å². The second-order valence-electron chi connectivity index (χ2n) is 6.83. The van der Waals surface area contributed by atoms with Crippen LogP contribution in [-0.4, -0.2) is 61.1 Å². The van der Waals surface area contributed by atoms with Crippen LogP contribution in [0.1, 0.15) is 31.2 Å². The molecule has 2 aliphatic rings. The zero-order valence-corrected chi connectivity index (χ0v) is 15.0. The van der Waals surface area contributed by atoms with Crippen LogP contribution in [0.2, 0.25) is 5.02 Å². The smallest absolute Gasteiger partial charge is 0.227 e. The Morgan fingerprint density at radius 3 is 2.67 bits per heavy atom. The van der Waals surface area contributed by atoms with E-state index in [1.54, 1.807) is 0 Å². The first-order valence-electron chi connectivity index (χ1n) is 9.07. The average molecular weight is 351 g/mol. The van der Waals surface area contributed by atoms with Crippen LogP contribution >= 0.6 is 11.6 Å². The summed E-state index contributed by atoms with van der Waals surface area (Å²) in [6, 6.07) is 7.56. The predicted octanol–water partition coefficient (Wildman–Crippen LogP) is 2.99. The van der Waals surface area contributed by atoms with Gasteiger partial charge in [-0.25, -0.2) is 0 Å². The molecular weight excluding hydrogens is 324 g/mol. The third kappa shape index (κ3) is 5.20. The molecule has 0 spiro atoms. The third-order valence-electron chi connectivity index (χ3n) is 4.95. The molecule has 2 aliphatic heterocycles. The minimum atomic E-state index is 0.216. The van der Waals surface area contributed by atoms with Gasteiger partial charge in [0.2, 0.25) is 5.91 Å². The molecule has 1 aromatic rings. The molecule has 0 N–H and O–H groups in total. The number of rotatable bonds is 4. The topological polar surface area (TPSA) is 32.8 Å². The van der Waals surface area contributed by atoms with Crippen molar-refractivity contribution in [3.05, 3.63) is 34.9 Å². The monoisotopic (exact) mass is 350 g/mol. The van der Waals surface area contributed by atoms with E-state index < -0.39 is 0 Å². The first kappa shape index (κ1) is 17.7. The summed E-state index contributed by atoms with van der Waals surface area (Å²) in [5.41, 5.74) is 1.03. The zero-order valence-electron chi connectivity index (χ0n) is 14.3. The normalized spacial score (nSPS) is 23.0. The summed E-state index contributed by atoms with van der Waals surface area (Å²) in [5.74, 6) is 0.216. The van der Waals surface area contributed by atoms with Gasteiger partial charge in [0, 0.05) is 37.8 Å². The van der Waals surface area contributed by atoms with Gasteiger partial charge >= 0.3 is 0 Å². The number of carbonyl (C=O) groups is 1. The molecule has 1 atom stereocenters. The first-order valence-corrected chi connectivity index (χ1v) is 9.45. The Bertz CT molecular complexity index is 529. The molecule has 24 heavy (non-hydrogen) atoms. The van der Waals surface area contributed by atoms with Crippen LogP contribution < -0.4 is 0 Å². The molecule has 0 bridgehead atoms. The van der Waals surface area contributed by atoms with Crippen LogP contribution in [0, 0.1) is 0 Å². The molecule has 0 radical (unpaired) electrons. The minimum Gasteiger partial charge on any atom is -0.377 e. The molecule has 2 heterocycles. The number of carbonyl (C=O) groups excluding carboxylic acids is 1. The van der Waals surface area contributed by atoms with Crippen molar-refractivity contribution in [3.63, 3.8) is 0 Å². The summed E-state index contributed by atoms with van der Waals surface area (Å²) in [7, 11) is 0. The molecule has 4 nitrogen and oxygen atoms in total. The summed E-state index contributed by atoms with van der Waals surface area (Å²) in [5, 5.41) is 0.710. The Hall–Kier alpha value is -1.10. The molecule has 2 fully saturated rings. The van der Waals surface area contributed by atoms with Gasteiger partial charge in [0.1, 0.15) is 0 Å². The van der Waals surface area contributed by atoms with Crippen LogP contribution in [0.4, 0.5) is 0 Å². The van der Waals surface area contributed by atoms with Crippen LogP contribution in [0.3, 0.4) is 0 Å². The summed E-state index contributed by atoms with van der Waals surface area (Å²) in [6.07, 6.45) is 5.54. The van der Waals surface area contributed by atoms with Gasteiger partial charge in [0.25, 0.3) is 0 Å². The molecule has 0 aromatic heterocycles. The number of benzene rings is 1. The molecule has 0 aliphatic carbocycles. The third-order valence-corrected chi connectivity index (χ3v) is 5.20. The van der Waals surface area contributed by atoms with Gasteiger partial charge < -0.3 is 9.64 Å². The Kier molecular flexibility index (Phi) is 6.52. The van der Waals surface area contributed by atoms with Gasteiger partial charge in [-0.15, -0.1) is 0 Å². The molecule has 2 saturated heterocycles. The van der Waals surface area contributed by atoms with Crippen molar-refractivity contribution in [2.24, 2.45) is 0 Å². The Morgan fingerprint density at radius 1 is 1.08 bits per heavy atom. The van der Waals surface area contributed by atoms with E-state index in [9.17, 15) is 4.79 Å². The lowest BCUT2D eigenvalue weighted by Gasteiger charge is -2.29. The number of hydrogen-bond donors (Lipinski definition) is 0. The number of nitrogens with zero attached hydrogens (tertiary/aromatic N) is 2. The maximum atomic E-state index is 12.6. The summed E-state index contributed by atoms with van der Waals surface area (Å²) in [4.78, 5) is 17.0. The number of ether oxygens (including phenoxy) is 1. The van der Waals surface area contributed by atoms with E-state index in [2.05, 4.69) is 4.90 Å². The standard InChI is InChI=1S/C19H27ClN2O2/c20-17-7-5-16(6-8-17)14-19(23)22-10-3-9-21(11-12-22)15-18-4-1-2-13-24-18/h5-8,18H,1-4,9-15H2. The van der Waals surface area contributed by atoms with E-state index in [1.165, 1.54) is 19.3 Å². The Morgan fingerprint density at radius 2 is 1.92 bits per heavy atom. The molecule has 3 rings (SSSR count). The van der Waals surface area contributed by atoms with Gasteiger partial charge in [-0.3, -0.25) is 9.69 Å². The SMILES string of the molecule is O=C(Cc1ccc(Cl)cc1)N1CCCN(CC2CCCCO2)CC1. The van der Waals surface area contributed by atoms with Crippen molar-refractivity contribution in [2.45, 2.75) is 38.2 Å². The maximum absolute atomic E-state index is 12.6. The van der Waals surface area contributed by atoms with Crippen molar-refractivity contribution < 1.29 is 9.53 Å². The van der Waals surface area contributed by atoms with E-state index in [4.69, 9.17) is 16.3 Å². The first-order chi connectivity index (χ1) is 11.7. The molecule has 1 aromatic carbocycles. The van der Waals surface area contributed by atoms with E-state index >= 15 is 0 Å². The highest BCUT2D eigenvalue weighted by Crippen LogP contribution is 2.16. The molecule has 132 valence electrons. The quantitative estimate of drug-likeness (QED) is 0.837. The molecule has 1 unspecified atom stereocenters. The van der Waals surface area contributed by atoms with Gasteiger partial charge in [0.05, 0.1) is 12.5 Å². The predicted molar refractivity (Wildman–Crippen MR) is 96.4 cm³/mol. The van der Waals surface area contributed by atoms with Gasteiger partial charge in [-0.2, -0.15) is 0 Å². The van der Waals surface area contributed by atoms with Crippen LogP contribution in [-0.2, 0) is 16.0 Å².